The molecule has 0 aromatic carbocycles. The van der Waals surface area contributed by atoms with Gasteiger partial charge >= 0.3 is 0 Å². The number of nitrogens with zero attached hydrogens (tertiary/aromatic N) is 1. The van der Waals surface area contributed by atoms with Crippen LogP contribution in [0.2, 0.25) is 0 Å². The standard InChI is InChI=1S/C13H19N.C11H20O2/c1-10-8-11(12(2,3)4)6-7-13(10,5)9-14;1-10(2)6-5-8(7-9(10)12)11(3,4)13/h8H,1,6-7H2,2-5H3;8,13H,5-7H2,1-4H3. The van der Waals surface area contributed by atoms with Crippen LogP contribution in [-0.4, -0.2) is 16.5 Å². The van der Waals surface area contributed by atoms with Gasteiger partial charge < -0.3 is 5.11 Å². The highest BCUT2D eigenvalue weighted by Crippen LogP contribution is 2.43. The molecule has 2 atom stereocenters. The first-order valence-corrected chi connectivity index (χ1v) is 10.1. The van der Waals surface area contributed by atoms with E-state index >= 15 is 0 Å². The Morgan fingerprint density at radius 1 is 1.19 bits per heavy atom. The van der Waals surface area contributed by atoms with Gasteiger partial charge in [0.25, 0.3) is 0 Å². The van der Waals surface area contributed by atoms with Crippen molar-refractivity contribution in [2.24, 2.45) is 22.2 Å². The van der Waals surface area contributed by atoms with Crippen LogP contribution in [0, 0.1) is 33.5 Å². The summed E-state index contributed by atoms with van der Waals surface area (Å²) in [6.07, 6.45) is 6.45. The molecule has 0 bridgehead atoms. The zero-order chi connectivity index (χ0) is 21.3. The summed E-state index contributed by atoms with van der Waals surface area (Å²) in [6, 6.07) is 2.36. The average Bonchev–Trinajstić information content (AvgIpc) is 2.51. The molecule has 0 heterocycles. The van der Waals surface area contributed by atoms with Crippen molar-refractivity contribution in [1.29, 1.82) is 5.26 Å². The highest BCUT2D eigenvalue weighted by molar-refractivity contribution is 5.85. The fraction of sp³-hybridized carbons (Fsp3) is 0.750. The lowest BCUT2D eigenvalue weighted by atomic mass is 9.68. The lowest BCUT2D eigenvalue weighted by Gasteiger charge is -2.38. The van der Waals surface area contributed by atoms with Crippen LogP contribution < -0.4 is 0 Å². The van der Waals surface area contributed by atoms with Crippen LogP contribution >= 0.6 is 0 Å². The van der Waals surface area contributed by atoms with Crippen molar-refractivity contribution in [2.45, 2.75) is 93.1 Å². The summed E-state index contributed by atoms with van der Waals surface area (Å²) in [6.45, 7) is 20.2. The topological polar surface area (TPSA) is 61.1 Å². The highest BCUT2D eigenvalue weighted by atomic mass is 16.3. The summed E-state index contributed by atoms with van der Waals surface area (Å²) >= 11 is 0. The number of nitriles is 1. The summed E-state index contributed by atoms with van der Waals surface area (Å²) in [5, 5.41) is 18.8. The number of carbonyl (C=O) groups excluding carboxylic acids is 1. The molecule has 2 rings (SSSR count). The quantitative estimate of drug-likeness (QED) is 0.614. The number of rotatable bonds is 1. The first-order chi connectivity index (χ1) is 12.0. The predicted molar refractivity (Wildman–Crippen MR) is 112 cm³/mol. The molecule has 3 heteroatoms. The van der Waals surface area contributed by atoms with E-state index in [0.717, 1.165) is 31.3 Å². The smallest absolute Gasteiger partial charge is 0.138 e. The van der Waals surface area contributed by atoms with Crippen molar-refractivity contribution < 1.29 is 9.90 Å². The molecule has 1 N–H and O–H groups in total. The lowest BCUT2D eigenvalue weighted by Crippen LogP contribution is -2.40. The number of hydrogen-bond donors (Lipinski definition) is 1. The first-order valence-electron chi connectivity index (χ1n) is 10.1. The van der Waals surface area contributed by atoms with E-state index in [1.807, 2.05) is 20.8 Å². The molecular formula is C24H39NO2. The maximum Gasteiger partial charge on any atom is 0.138 e. The Morgan fingerprint density at radius 2 is 1.74 bits per heavy atom. The minimum absolute atomic E-state index is 0.146. The van der Waals surface area contributed by atoms with Crippen LogP contribution in [0.25, 0.3) is 0 Å². The van der Waals surface area contributed by atoms with Crippen molar-refractivity contribution in [1.82, 2.24) is 0 Å². The van der Waals surface area contributed by atoms with E-state index in [4.69, 9.17) is 5.26 Å². The third-order valence-electron chi connectivity index (χ3n) is 6.47. The molecule has 27 heavy (non-hydrogen) atoms. The lowest BCUT2D eigenvalue weighted by molar-refractivity contribution is -0.135. The number of carbonyl (C=O) groups is 1. The van der Waals surface area contributed by atoms with Crippen LogP contribution in [0.5, 0.6) is 0 Å². The average molecular weight is 374 g/mol. The Kier molecular flexibility index (Phi) is 6.93. The van der Waals surface area contributed by atoms with Crippen LogP contribution in [0.1, 0.15) is 87.5 Å². The molecule has 2 aliphatic rings. The SMILES string of the molecule is C=C1C=C(C(C)(C)C)CCC1(C)C#N.CC1(C)CCC(C(C)(C)O)CC1=O. The molecule has 3 nitrogen and oxygen atoms in total. The third kappa shape index (κ3) is 6.04. The second kappa shape index (κ2) is 7.92. The molecule has 0 aromatic heterocycles. The normalized spacial score (nSPS) is 28.6. The van der Waals surface area contributed by atoms with Gasteiger partial charge in [0.15, 0.2) is 0 Å². The largest absolute Gasteiger partial charge is 0.390 e. The number of Topliss-reactive ketones (excluding diaryl/α,β-unsaturated/α-hetero) is 1. The summed E-state index contributed by atoms with van der Waals surface area (Å²) in [5.41, 5.74) is 1.38. The van der Waals surface area contributed by atoms with Gasteiger partial charge in [0.2, 0.25) is 0 Å². The van der Waals surface area contributed by atoms with E-state index in [9.17, 15) is 9.90 Å². The van der Waals surface area contributed by atoms with Gasteiger partial charge in [-0.15, -0.1) is 0 Å². The maximum atomic E-state index is 11.7. The van der Waals surface area contributed by atoms with Gasteiger partial charge in [-0.3, -0.25) is 4.79 Å². The van der Waals surface area contributed by atoms with Gasteiger partial charge in [-0.05, 0) is 63.4 Å². The van der Waals surface area contributed by atoms with Gasteiger partial charge in [-0.1, -0.05) is 52.8 Å². The number of aliphatic hydroxyl groups is 1. The summed E-state index contributed by atoms with van der Waals surface area (Å²) in [4.78, 5) is 11.7. The van der Waals surface area contributed by atoms with Crippen molar-refractivity contribution in [3.05, 3.63) is 23.8 Å². The Hall–Kier alpha value is -1.40. The minimum atomic E-state index is -0.702. The molecular weight excluding hydrogens is 334 g/mol. The molecule has 1 saturated carbocycles. The van der Waals surface area contributed by atoms with Crippen molar-refractivity contribution in [3.63, 3.8) is 0 Å². The van der Waals surface area contributed by atoms with Gasteiger partial charge in [0.05, 0.1) is 17.1 Å². The molecule has 0 aromatic rings. The van der Waals surface area contributed by atoms with Crippen LogP contribution in [0.3, 0.4) is 0 Å². The van der Waals surface area contributed by atoms with E-state index in [1.165, 1.54) is 5.57 Å². The molecule has 152 valence electrons. The van der Waals surface area contributed by atoms with Crippen molar-refractivity contribution in [3.8, 4) is 6.07 Å². The molecule has 0 aliphatic heterocycles. The Labute approximate surface area is 166 Å². The molecule has 1 fully saturated rings. The van der Waals surface area contributed by atoms with E-state index in [-0.39, 0.29) is 22.2 Å². The van der Waals surface area contributed by atoms with Crippen LogP contribution in [0.4, 0.5) is 0 Å². The van der Waals surface area contributed by atoms with Gasteiger partial charge in [0.1, 0.15) is 5.78 Å². The van der Waals surface area contributed by atoms with Crippen molar-refractivity contribution >= 4 is 5.78 Å². The minimum Gasteiger partial charge on any atom is -0.390 e. The maximum absolute atomic E-state index is 11.7. The van der Waals surface area contributed by atoms with E-state index in [2.05, 4.69) is 39.5 Å². The third-order valence-corrected chi connectivity index (χ3v) is 6.47. The van der Waals surface area contributed by atoms with Gasteiger partial charge in [-0.2, -0.15) is 5.26 Å². The molecule has 0 radical (unpaired) electrons. The molecule has 0 spiro atoms. The zero-order valence-corrected chi connectivity index (χ0v) is 18.7. The monoisotopic (exact) mass is 373 g/mol. The zero-order valence-electron chi connectivity index (χ0n) is 18.7. The van der Waals surface area contributed by atoms with Crippen molar-refractivity contribution in [2.75, 3.05) is 0 Å². The second-order valence-electron chi connectivity index (χ2n) is 10.8. The molecule has 0 amide bonds. The van der Waals surface area contributed by atoms with Crippen LogP contribution in [-0.2, 0) is 4.79 Å². The Bertz CT molecular complexity index is 649. The highest BCUT2D eigenvalue weighted by Gasteiger charge is 2.39. The fourth-order valence-electron chi connectivity index (χ4n) is 3.59. The summed E-state index contributed by atoms with van der Waals surface area (Å²) < 4.78 is 0. The first kappa shape index (κ1) is 23.6. The van der Waals surface area contributed by atoms with E-state index in [1.54, 1.807) is 13.8 Å². The molecule has 0 saturated heterocycles. The Balaban J connectivity index is 0.000000271. The van der Waals surface area contributed by atoms with Crippen LogP contribution in [0.15, 0.2) is 23.8 Å². The number of ketones is 1. The number of allylic oxidation sites excluding steroid dienone is 3. The van der Waals surface area contributed by atoms with Gasteiger partial charge in [-0.25, -0.2) is 0 Å². The predicted octanol–water partition coefficient (Wildman–Crippen LogP) is 5.99. The summed E-state index contributed by atoms with van der Waals surface area (Å²) in [7, 11) is 0. The number of hydrogen-bond acceptors (Lipinski definition) is 3. The van der Waals surface area contributed by atoms with E-state index in [0.29, 0.717) is 12.2 Å². The summed E-state index contributed by atoms with van der Waals surface area (Å²) in [5.74, 6) is 0.443. The van der Waals surface area contributed by atoms with Gasteiger partial charge in [0, 0.05) is 11.8 Å². The molecule has 2 aliphatic carbocycles. The molecule has 2 unspecified atom stereocenters. The fourth-order valence-corrected chi connectivity index (χ4v) is 3.59. The van der Waals surface area contributed by atoms with E-state index < -0.39 is 5.60 Å². The second-order valence-corrected chi connectivity index (χ2v) is 10.8. The Morgan fingerprint density at radius 3 is 2.11 bits per heavy atom.